The van der Waals surface area contributed by atoms with Crippen LogP contribution in [0.5, 0.6) is 0 Å². The first-order valence-corrected chi connectivity index (χ1v) is 7.04. The van der Waals surface area contributed by atoms with Crippen molar-refractivity contribution < 1.29 is 4.79 Å². The summed E-state index contributed by atoms with van der Waals surface area (Å²) >= 11 is 0. The molecule has 5 nitrogen and oxygen atoms in total. The molecule has 2 atom stereocenters. The molecule has 1 aromatic heterocycles. The van der Waals surface area contributed by atoms with E-state index in [4.69, 9.17) is 0 Å². The molecule has 2 aliphatic rings. The fourth-order valence-electron chi connectivity index (χ4n) is 3.02. The van der Waals surface area contributed by atoms with E-state index in [1.54, 1.807) is 0 Å². The minimum Gasteiger partial charge on any atom is -0.355 e. The van der Waals surface area contributed by atoms with Crippen LogP contribution in [0.2, 0.25) is 0 Å². The minimum absolute atomic E-state index is 0.0473. The van der Waals surface area contributed by atoms with Gasteiger partial charge in [-0.25, -0.2) is 4.98 Å². The smallest absolute Gasteiger partial charge is 0.225 e. The number of aromatic nitrogens is 1. The maximum absolute atomic E-state index is 11.7. The summed E-state index contributed by atoms with van der Waals surface area (Å²) in [7, 11) is 0. The number of hydrogen-bond donors (Lipinski definition) is 1. The molecular weight excluding hydrogens is 252 g/mol. The number of anilines is 1. The molecule has 2 aliphatic heterocycles. The highest BCUT2D eigenvalue weighted by molar-refractivity contribution is 5.83. The van der Waals surface area contributed by atoms with E-state index in [0.717, 1.165) is 24.6 Å². The number of nitriles is 1. The highest BCUT2D eigenvalue weighted by Gasteiger charge is 2.42. The Hall–Kier alpha value is -2.09. The predicted octanol–water partition coefficient (Wildman–Crippen LogP) is 1.26. The van der Waals surface area contributed by atoms with Gasteiger partial charge in [0.25, 0.3) is 0 Å². The second-order valence-electron chi connectivity index (χ2n) is 5.89. The summed E-state index contributed by atoms with van der Waals surface area (Å²) < 4.78 is 0. The van der Waals surface area contributed by atoms with Crippen molar-refractivity contribution in [2.24, 2.45) is 11.8 Å². The van der Waals surface area contributed by atoms with Crippen LogP contribution < -0.4 is 10.2 Å². The molecule has 0 saturated carbocycles. The van der Waals surface area contributed by atoms with E-state index in [2.05, 4.69) is 35.1 Å². The van der Waals surface area contributed by atoms with Crippen LogP contribution in [0.25, 0.3) is 0 Å². The van der Waals surface area contributed by atoms with Gasteiger partial charge in [-0.1, -0.05) is 13.8 Å². The van der Waals surface area contributed by atoms with Gasteiger partial charge in [0, 0.05) is 31.2 Å². The van der Waals surface area contributed by atoms with E-state index in [-0.39, 0.29) is 11.8 Å². The largest absolute Gasteiger partial charge is 0.355 e. The second kappa shape index (κ2) is 4.78. The molecule has 3 heterocycles. The van der Waals surface area contributed by atoms with Crippen LogP contribution in [-0.2, 0) is 4.79 Å². The number of nitrogens with one attached hydrogen (secondary N) is 1. The molecule has 0 unspecified atom stereocenters. The van der Waals surface area contributed by atoms with Gasteiger partial charge in [-0.05, 0) is 18.1 Å². The van der Waals surface area contributed by atoms with Gasteiger partial charge < -0.3 is 10.2 Å². The molecular formula is C15H18N4O. The van der Waals surface area contributed by atoms with Gasteiger partial charge >= 0.3 is 0 Å². The summed E-state index contributed by atoms with van der Waals surface area (Å²) in [5.74, 6) is 1.59. The number of pyridine rings is 1. The molecule has 0 radical (unpaired) electrons. The molecule has 0 aromatic carbocycles. The van der Waals surface area contributed by atoms with E-state index in [1.165, 1.54) is 0 Å². The fraction of sp³-hybridized carbons (Fsp3) is 0.533. The van der Waals surface area contributed by atoms with Crippen LogP contribution >= 0.6 is 0 Å². The molecule has 0 spiro atoms. The van der Waals surface area contributed by atoms with Crippen molar-refractivity contribution in [3.63, 3.8) is 0 Å². The number of hydrogen-bond acceptors (Lipinski definition) is 4. The third-order valence-electron chi connectivity index (χ3n) is 4.22. The third kappa shape index (κ3) is 2.01. The third-order valence-corrected chi connectivity index (χ3v) is 4.22. The zero-order chi connectivity index (χ0) is 14.3. The van der Waals surface area contributed by atoms with Crippen LogP contribution in [0.15, 0.2) is 12.1 Å². The van der Waals surface area contributed by atoms with Crippen LogP contribution in [-0.4, -0.2) is 30.5 Å². The topological polar surface area (TPSA) is 69.0 Å². The van der Waals surface area contributed by atoms with Crippen molar-refractivity contribution in [3.05, 3.63) is 23.4 Å². The first-order chi connectivity index (χ1) is 9.60. The SMILES string of the molecule is CC(C)c1ccc(C#N)c(N2C[C@@H]3CNC(=O)[C@@H]3C2)n1. The van der Waals surface area contributed by atoms with Gasteiger partial charge in [0.05, 0.1) is 11.5 Å². The van der Waals surface area contributed by atoms with Crippen molar-refractivity contribution in [1.82, 2.24) is 10.3 Å². The highest BCUT2D eigenvalue weighted by atomic mass is 16.2. The lowest BCUT2D eigenvalue weighted by Crippen LogP contribution is -2.29. The summed E-state index contributed by atoms with van der Waals surface area (Å²) in [5, 5.41) is 12.2. The maximum atomic E-state index is 11.7. The van der Waals surface area contributed by atoms with E-state index in [9.17, 15) is 10.1 Å². The number of carbonyl (C=O) groups is 1. The second-order valence-corrected chi connectivity index (χ2v) is 5.89. The molecule has 20 heavy (non-hydrogen) atoms. The lowest BCUT2D eigenvalue weighted by molar-refractivity contribution is -0.122. The standard InChI is InChI=1S/C15H18N4O/c1-9(2)13-4-3-10(5-16)14(18-13)19-7-11-6-17-15(20)12(11)8-19/h3-4,9,11-12H,6-8H2,1-2H3,(H,17,20)/t11-,12+/m0/s1. The number of rotatable bonds is 2. The van der Waals surface area contributed by atoms with Crippen molar-refractivity contribution >= 4 is 11.7 Å². The molecule has 0 aliphatic carbocycles. The summed E-state index contributed by atoms with van der Waals surface area (Å²) in [6, 6.07) is 5.96. The zero-order valence-electron chi connectivity index (χ0n) is 11.8. The normalized spacial score (nSPS) is 24.7. The molecule has 3 rings (SSSR count). The van der Waals surface area contributed by atoms with Crippen molar-refractivity contribution in [2.75, 3.05) is 24.5 Å². The van der Waals surface area contributed by atoms with Gasteiger partial charge in [-0.15, -0.1) is 0 Å². The first kappa shape index (κ1) is 12.9. The Kier molecular flexibility index (Phi) is 3.09. The number of fused-ring (bicyclic) bond motifs is 1. The predicted molar refractivity (Wildman–Crippen MR) is 75.2 cm³/mol. The van der Waals surface area contributed by atoms with Gasteiger partial charge in [0.2, 0.25) is 5.91 Å². The average molecular weight is 270 g/mol. The van der Waals surface area contributed by atoms with E-state index in [1.807, 2.05) is 12.1 Å². The Morgan fingerprint density at radius 1 is 1.45 bits per heavy atom. The highest BCUT2D eigenvalue weighted by Crippen LogP contribution is 2.32. The summed E-state index contributed by atoms with van der Waals surface area (Å²) in [4.78, 5) is 18.5. The lowest BCUT2D eigenvalue weighted by atomic mass is 10.0. The number of carbonyl (C=O) groups excluding carboxylic acids is 1. The molecule has 104 valence electrons. The molecule has 0 bridgehead atoms. The monoisotopic (exact) mass is 270 g/mol. The molecule has 1 N–H and O–H groups in total. The Morgan fingerprint density at radius 2 is 2.25 bits per heavy atom. The quantitative estimate of drug-likeness (QED) is 0.878. The number of nitrogens with zero attached hydrogens (tertiary/aromatic N) is 3. The van der Waals surface area contributed by atoms with Crippen LogP contribution in [0.1, 0.15) is 31.0 Å². The minimum atomic E-state index is 0.0473. The van der Waals surface area contributed by atoms with Gasteiger partial charge in [0.1, 0.15) is 11.9 Å². The van der Waals surface area contributed by atoms with E-state index >= 15 is 0 Å². The van der Waals surface area contributed by atoms with Crippen molar-refractivity contribution in [1.29, 1.82) is 5.26 Å². The Bertz CT molecular complexity index is 590. The molecule has 2 saturated heterocycles. The molecule has 5 heteroatoms. The molecule has 1 aromatic rings. The van der Waals surface area contributed by atoms with E-state index < -0.39 is 0 Å². The van der Waals surface area contributed by atoms with Crippen molar-refractivity contribution in [3.8, 4) is 6.07 Å². The summed E-state index contributed by atoms with van der Waals surface area (Å²) in [5.41, 5.74) is 1.58. The average Bonchev–Trinajstić information content (AvgIpc) is 3.00. The first-order valence-electron chi connectivity index (χ1n) is 7.04. The van der Waals surface area contributed by atoms with Crippen LogP contribution in [0.3, 0.4) is 0 Å². The Labute approximate surface area is 118 Å². The summed E-state index contributed by atoms with van der Waals surface area (Å²) in [6.45, 7) is 6.38. The van der Waals surface area contributed by atoms with Gasteiger partial charge in [-0.3, -0.25) is 4.79 Å². The Balaban J connectivity index is 1.92. The van der Waals surface area contributed by atoms with Gasteiger partial charge in [-0.2, -0.15) is 5.26 Å². The van der Waals surface area contributed by atoms with E-state index in [0.29, 0.717) is 23.9 Å². The van der Waals surface area contributed by atoms with Crippen LogP contribution in [0.4, 0.5) is 5.82 Å². The fourth-order valence-corrected chi connectivity index (χ4v) is 3.02. The number of amides is 1. The summed E-state index contributed by atoms with van der Waals surface area (Å²) in [6.07, 6.45) is 0. The van der Waals surface area contributed by atoms with Crippen molar-refractivity contribution in [2.45, 2.75) is 19.8 Å². The zero-order valence-corrected chi connectivity index (χ0v) is 11.8. The Morgan fingerprint density at radius 3 is 2.90 bits per heavy atom. The van der Waals surface area contributed by atoms with Crippen LogP contribution in [0, 0.1) is 23.2 Å². The molecule has 2 fully saturated rings. The maximum Gasteiger partial charge on any atom is 0.225 e. The van der Waals surface area contributed by atoms with Gasteiger partial charge in [0.15, 0.2) is 0 Å². The molecule has 1 amide bonds. The lowest BCUT2D eigenvalue weighted by Gasteiger charge is -2.21.